The monoisotopic (exact) mass is 395 g/mol. The van der Waals surface area contributed by atoms with Crippen LogP contribution in [0, 0.1) is 11.6 Å². The highest BCUT2D eigenvalue weighted by molar-refractivity contribution is 7.89. The number of carbonyl (C=O) groups is 1. The summed E-state index contributed by atoms with van der Waals surface area (Å²) in [6, 6.07) is 8.20. The molecule has 2 aromatic carbocycles. The van der Waals surface area contributed by atoms with E-state index in [1.807, 2.05) is 11.9 Å². The molecule has 0 radical (unpaired) electrons. The number of nitrogens with one attached hydrogen (secondary N) is 1. The maximum absolute atomic E-state index is 13.7. The van der Waals surface area contributed by atoms with Crippen LogP contribution in [0.2, 0.25) is 0 Å². The third-order valence-corrected chi connectivity index (χ3v) is 6.27. The largest absolute Gasteiger partial charge is 0.319 e. The summed E-state index contributed by atoms with van der Waals surface area (Å²) in [6.45, 7) is 1.98. The summed E-state index contributed by atoms with van der Waals surface area (Å²) >= 11 is 0. The molecular weight excluding hydrogens is 376 g/mol. The number of anilines is 1. The van der Waals surface area contributed by atoms with Crippen LogP contribution < -0.4 is 5.32 Å². The van der Waals surface area contributed by atoms with E-state index in [2.05, 4.69) is 5.32 Å². The maximum Gasteiger partial charge on any atom is 0.255 e. The minimum atomic E-state index is -3.74. The first-order chi connectivity index (χ1) is 12.8. The Hall–Kier alpha value is -2.36. The van der Waals surface area contributed by atoms with Crippen LogP contribution in [0.3, 0.4) is 0 Å². The molecule has 1 fully saturated rings. The van der Waals surface area contributed by atoms with Gasteiger partial charge in [-0.2, -0.15) is 4.31 Å². The number of piperazine rings is 1. The molecule has 0 bridgehead atoms. The molecule has 0 unspecified atom stereocenters. The Kier molecular flexibility index (Phi) is 5.54. The highest BCUT2D eigenvalue weighted by atomic mass is 32.2. The molecule has 1 N–H and O–H groups in total. The van der Waals surface area contributed by atoms with Gasteiger partial charge in [0.25, 0.3) is 5.91 Å². The van der Waals surface area contributed by atoms with Crippen LogP contribution in [0.4, 0.5) is 14.5 Å². The number of benzene rings is 2. The van der Waals surface area contributed by atoms with E-state index in [9.17, 15) is 22.0 Å². The zero-order valence-electron chi connectivity index (χ0n) is 14.7. The first-order valence-electron chi connectivity index (χ1n) is 8.32. The van der Waals surface area contributed by atoms with Crippen molar-refractivity contribution < 1.29 is 22.0 Å². The van der Waals surface area contributed by atoms with Gasteiger partial charge in [-0.25, -0.2) is 17.2 Å². The number of nitrogens with zero attached hydrogens (tertiary/aromatic N) is 2. The first kappa shape index (κ1) is 19.4. The Morgan fingerprint density at radius 2 is 1.74 bits per heavy atom. The number of sulfonamides is 1. The van der Waals surface area contributed by atoms with Crippen molar-refractivity contribution in [1.29, 1.82) is 0 Å². The highest BCUT2D eigenvalue weighted by Crippen LogP contribution is 2.20. The third-order valence-electron chi connectivity index (χ3n) is 4.37. The molecule has 9 heteroatoms. The molecule has 3 rings (SSSR count). The van der Waals surface area contributed by atoms with Gasteiger partial charge in [-0.05, 0) is 37.4 Å². The summed E-state index contributed by atoms with van der Waals surface area (Å²) in [5, 5.41) is 2.26. The van der Waals surface area contributed by atoms with Gasteiger partial charge >= 0.3 is 0 Å². The van der Waals surface area contributed by atoms with Gasteiger partial charge in [0.05, 0.1) is 10.6 Å². The molecule has 1 amide bonds. The second kappa shape index (κ2) is 7.71. The Balaban J connectivity index is 1.82. The number of hydrogen-bond acceptors (Lipinski definition) is 4. The van der Waals surface area contributed by atoms with Crippen molar-refractivity contribution >= 4 is 21.6 Å². The molecule has 1 aliphatic heterocycles. The quantitative estimate of drug-likeness (QED) is 0.861. The molecule has 0 saturated carbocycles. The van der Waals surface area contributed by atoms with E-state index in [4.69, 9.17) is 0 Å². The molecular formula is C18H19F2N3O3S. The van der Waals surface area contributed by atoms with Crippen LogP contribution in [-0.4, -0.2) is 56.8 Å². The predicted molar refractivity (Wildman–Crippen MR) is 97.0 cm³/mol. The predicted octanol–water partition coefficient (Wildman–Crippen LogP) is 2.15. The molecule has 144 valence electrons. The molecule has 0 aliphatic carbocycles. The van der Waals surface area contributed by atoms with Gasteiger partial charge in [-0.15, -0.1) is 0 Å². The van der Waals surface area contributed by atoms with Crippen LogP contribution in [0.15, 0.2) is 47.4 Å². The zero-order chi connectivity index (χ0) is 19.6. The lowest BCUT2D eigenvalue weighted by atomic mass is 10.2. The van der Waals surface area contributed by atoms with E-state index >= 15 is 0 Å². The summed E-state index contributed by atoms with van der Waals surface area (Å²) in [4.78, 5) is 14.4. The molecule has 1 saturated heterocycles. The summed E-state index contributed by atoms with van der Waals surface area (Å²) in [5.74, 6) is -2.21. The summed E-state index contributed by atoms with van der Waals surface area (Å²) < 4.78 is 53.9. The van der Waals surface area contributed by atoms with Gasteiger partial charge in [0, 0.05) is 37.8 Å². The van der Waals surface area contributed by atoms with Gasteiger partial charge in [-0.3, -0.25) is 4.79 Å². The summed E-state index contributed by atoms with van der Waals surface area (Å²) in [6.07, 6.45) is 0. The van der Waals surface area contributed by atoms with E-state index < -0.39 is 27.6 Å². The molecule has 1 heterocycles. The number of halogens is 2. The standard InChI is InChI=1S/C18H19F2N3O3S/c1-22-7-9-23(10-8-22)27(25,26)15-4-2-3-13(11-15)18(24)21-17-12-14(19)5-6-16(17)20/h2-6,11-12H,7-10H2,1H3,(H,21,24). The van der Waals surface area contributed by atoms with Gasteiger partial charge < -0.3 is 10.2 Å². The van der Waals surface area contributed by atoms with Crippen molar-refractivity contribution in [3.63, 3.8) is 0 Å². The van der Waals surface area contributed by atoms with E-state index in [1.54, 1.807) is 0 Å². The lowest BCUT2D eigenvalue weighted by Crippen LogP contribution is -2.47. The summed E-state index contributed by atoms with van der Waals surface area (Å²) in [7, 11) is -1.82. The zero-order valence-corrected chi connectivity index (χ0v) is 15.5. The van der Waals surface area contributed by atoms with Crippen LogP contribution in [-0.2, 0) is 10.0 Å². The van der Waals surface area contributed by atoms with Crippen LogP contribution in [0.5, 0.6) is 0 Å². The van der Waals surface area contributed by atoms with Crippen LogP contribution in [0.1, 0.15) is 10.4 Å². The lowest BCUT2D eigenvalue weighted by molar-refractivity contribution is 0.102. The van der Waals surface area contributed by atoms with Crippen molar-refractivity contribution in [2.45, 2.75) is 4.90 Å². The molecule has 6 nitrogen and oxygen atoms in total. The van der Waals surface area contributed by atoms with Crippen LogP contribution in [0.25, 0.3) is 0 Å². The first-order valence-corrected chi connectivity index (χ1v) is 9.76. The Bertz CT molecular complexity index is 958. The van der Waals surface area contributed by atoms with Gasteiger partial charge in [-0.1, -0.05) is 6.07 Å². The van der Waals surface area contributed by atoms with Crippen molar-refractivity contribution in [3.8, 4) is 0 Å². The van der Waals surface area contributed by atoms with Crippen molar-refractivity contribution in [3.05, 3.63) is 59.7 Å². The Labute approximate surface area is 156 Å². The van der Waals surface area contributed by atoms with Gasteiger partial charge in [0.2, 0.25) is 10.0 Å². The van der Waals surface area contributed by atoms with Crippen LogP contribution >= 0.6 is 0 Å². The maximum atomic E-state index is 13.7. The number of rotatable bonds is 4. The molecule has 0 atom stereocenters. The topological polar surface area (TPSA) is 69.7 Å². The van der Waals surface area contributed by atoms with E-state index in [1.165, 1.54) is 28.6 Å². The molecule has 27 heavy (non-hydrogen) atoms. The van der Waals surface area contributed by atoms with E-state index in [0.29, 0.717) is 26.2 Å². The number of likely N-dealkylation sites (N-methyl/N-ethyl adjacent to an activating group) is 1. The van der Waals surface area contributed by atoms with E-state index in [0.717, 1.165) is 18.2 Å². The number of carbonyl (C=O) groups excluding carboxylic acids is 1. The van der Waals surface area contributed by atoms with Gasteiger partial charge in [0.1, 0.15) is 11.6 Å². The molecule has 0 spiro atoms. The van der Waals surface area contributed by atoms with Crippen molar-refractivity contribution in [2.75, 3.05) is 38.5 Å². The third kappa shape index (κ3) is 4.32. The number of amides is 1. The normalized spacial score (nSPS) is 16.3. The SMILES string of the molecule is CN1CCN(S(=O)(=O)c2cccc(C(=O)Nc3cc(F)ccc3F)c2)CC1. The Morgan fingerprint density at radius 1 is 1.04 bits per heavy atom. The fraction of sp³-hybridized carbons (Fsp3) is 0.278. The number of hydrogen-bond donors (Lipinski definition) is 1. The second-order valence-electron chi connectivity index (χ2n) is 6.31. The summed E-state index contributed by atoms with van der Waals surface area (Å²) in [5.41, 5.74) is -0.277. The minimum absolute atomic E-state index is 0.0144. The van der Waals surface area contributed by atoms with Crippen molar-refractivity contribution in [1.82, 2.24) is 9.21 Å². The van der Waals surface area contributed by atoms with Crippen molar-refractivity contribution in [2.24, 2.45) is 0 Å². The smallest absolute Gasteiger partial charge is 0.255 e. The minimum Gasteiger partial charge on any atom is -0.319 e. The lowest BCUT2D eigenvalue weighted by Gasteiger charge is -2.31. The molecule has 1 aliphatic rings. The Morgan fingerprint density at radius 3 is 2.44 bits per heavy atom. The fourth-order valence-electron chi connectivity index (χ4n) is 2.76. The molecule has 2 aromatic rings. The van der Waals surface area contributed by atoms with Gasteiger partial charge in [0.15, 0.2) is 0 Å². The average Bonchev–Trinajstić information content (AvgIpc) is 2.65. The van der Waals surface area contributed by atoms with E-state index in [-0.39, 0.29) is 16.1 Å². The fourth-order valence-corrected chi connectivity index (χ4v) is 4.23. The second-order valence-corrected chi connectivity index (χ2v) is 8.25. The average molecular weight is 395 g/mol. The highest BCUT2D eigenvalue weighted by Gasteiger charge is 2.28. The molecule has 0 aromatic heterocycles.